The summed E-state index contributed by atoms with van der Waals surface area (Å²) in [5.74, 6) is -0.564. The van der Waals surface area contributed by atoms with Crippen molar-refractivity contribution in [1.82, 2.24) is 10.6 Å². The average molecular weight is 264 g/mol. The smallest absolute Gasteiger partial charge is 0.252 e. The van der Waals surface area contributed by atoms with Crippen molar-refractivity contribution in [3.05, 3.63) is 0 Å². The molecule has 18 heavy (non-hydrogen) atoms. The van der Waals surface area contributed by atoms with Crippen LogP contribution in [0.2, 0.25) is 0 Å². The molecule has 0 bridgehead atoms. The van der Waals surface area contributed by atoms with Crippen LogP contribution in [0.3, 0.4) is 0 Å². The maximum atomic E-state index is 11.7. The number of ether oxygens (including phenoxy) is 2. The van der Waals surface area contributed by atoms with Crippen LogP contribution in [0.25, 0.3) is 0 Å². The zero-order chi connectivity index (χ0) is 13.7. The number of amides is 1. The summed E-state index contributed by atoms with van der Waals surface area (Å²) in [6.45, 7) is 0.922. The molecule has 1 amide bonds. The Morgan fingerprint density at radius 3 is 2.44 bits per heavy atom. The largest absolute Gasteiger partial charge is 0.387 e. The SMILES string of the molecule is CNCCNC(=O)C1OC(OC)C(O)C(O)C1O. The van der Waals surface area contributed by atoms with Gasteiger partial charge in [0.2, 0.25) is 0 Å². The van der Waals surface area contributed by atoms with Gasteiger partial charge in [0.05, 0.1) is 0 Å². The van der Waals surface area contributed by atoms with Crippen LogP contribution in [-0.2, 0) is 14.3 Å². The van der Waals surface area contributed by atoms with E-state index in [9.17, 15) is 20.1 Å². The molecule has 5 unspecified atom stereocenters. The second kappa shape index (κ2) is 6.98. The summed E-state index contributed by atoms with van der Waals surface area (Å²) in [7, 11) is 3.01. The van der Waals surface area contributed by atoms with Gasteiger partial charge >= 0.3 is 0 Å². The van der Waals surface area contributed by atoms with E-state index in [2.05, 4.69) is 10.6 Å². The van der Waals surface area contributed by atoms with Gasteiger partial charge in [0.1, 0.15) is 18.3 Å². The second-order valence-electron chi connectivity index (χ2n) is 4.03. The van der Waals surface area contributed by atoms with Crippen molar-refractivity contribution in [2.75, 3.05) is 27.2 Å². The number of aliphatic hydroxyl groups excluding tert-OH is 3. The molecule has 106 valence electrons. The first kappa shape index (κ1) is 15.3. The Bertz CT molecular complexity index is 275. The van der Waals surface area contributed by atoms with E-state index in [-0.39, 0.29) is 0 Å². The lowest BCUT2D eigenvalue weighted by Gasteiger charge is -2.38. The first-order valence-corrected chi connectivity index (χ1v) is 5.67. The summed E-state index contributed by atoms with van der Waals surface area (Å²) in [6.07, 6.45) is -6.82. The Balaban J connectivity index is 2.60. The van der Waals surface area contributed by atoms with Crippen LogP contribution in [-0.4, -0.2) is 79.2 Å². The third kappa shape index (κ3) is 3.37. The maximum absolute atomic E-state index is 11.7. The molecule has 8 nitrogen and oxygen atoms in total. The maximum Gasteiger partial charge on any atom is 0.252 e. The van der Waals surface area contributed by atoms with E-state index in [1.807, 2.05) is 0 Å². The van der Waals surface area contributed by atoms with Gasteiger partial charge in [-0.15, -0.1) is 0 Å². The van der Waals surface area contributed by atoms with Crippen LogP contribution in [0.4, 0.5) is 0 Å². The summed E-state index contributed by atoms with van der Waals surface area (Å²) in [4.78, 5) is 11.7. The van der Waals surface area contributed by atoms with E-state index < -0.39 is 36.6 Å². The van der Waals surface area contributed by atoms with Gasteiger partial charge in [-0.2, -0.15) is 0 Å². The van der Waals surface area contributed by atoms with E-state index >= 15 is 0 Å². The van der Waals surface area contributed by atoms with Gasteiger partial charge in [-0.25, -0.2) is 0 Å². The molecule has 0 saturated carbocycles. The van der Waals surface area contributed by atoms with Crippen molar-refractivity contribution in [2.24, 2.45) is 0 Å². The average Bonchev–Trinajstić information content (AvgIpc) is 2.36. The fourth-order valence-corrected chi connectivity index (χ4v) is 1.67. The third-order valence-corrected chi connectivity index (χ3v) is 2.73. The highest BCUT2D eigenvalue weighted by molar-refractivity contribution is 5.81. The summed E-state index contributed by atoms with van der Waals surface area (Å²) in [6, 6.07) is 0. The molecule has 0 aromatic heterocycles. The molecule has 1 rings (SSSR count). The normalized spacial score (nSPS) is 36.4. The van der Waals surface area contributed by atoms with Crippen LogP contribution in [0.5, 0.6) is 0 Å². The van der Waals surface area contributed by atoms with E-state index in [1.54, 1.807) is 7.05 Å². The summed E-state index contributed by atoms with van der Waals surface area (Å²) >= 11 is 0. The van der Waals surface area contributed by atoms with Crippen molar-refractivity contribution in [1.29, 1.82) is 0 Å². The molecular weight excluding hydrogens is 244 g/mol. The Labute approximate surface area is 105 Å². The van der Waals surface area contributed by atoms with Gasteiger partial charge in [0.15, 0.2) is 12.4 Å². The van der Waals surface area contributed by atoms with Crippen LogP contribution in [0.15, 0.2) is 0 Å². The van der Waals surface area contributed by atoms with Crippen molar-refractivity contribution >= 4 is 5.91 Å². The van der Waals surface area contributed by atoms with E-state index in [0.29, 0.717) is 13.1 Å². The highest BCUT2D eigenvalue weighted by Gasteiger charge is 2.46. The number of carbonyl (C=O) groups is 1. The summed E-state index contributed by atoms with van der Waals surface area (Å²) < 4.78 is 9.90. The first-order valence-electron chi connectivity index (χ1n) is 5.67. The highest BCUT2D eigenvalue weighted by Crippen LogP contribution is 2.21. The summed E-state index contributed by atoms with van der Waals surface area (Å²) in [5, 5.41) is 34.2. The molecule has 1 heterocycles. The predicted octanol–water partition coefficient (Wildman–Crippen LogP) is -3.22. The molecule has 1 fully saturated rings. The monoisotopic (exact) mass is 264 g/mol. The Kier molecular flexibility index (Phi) is 5.93. The van der Waals surface area contributed by atoms with Gasteiger partial charge in [-0.05, 0) is 7.05 Å². The first-order chi connectivity index (χ1) is 8.52. The van der Waals surface area contributed by atoms with Crippen molar-refractivity contribution in [2.45, 2.75) is 30.7 Å². The molecule has 1 aliphatic heterocycles. The molecule has 5 N–H and O–H groups in total. The van der Waals surface area contributed by atoms with E-state index in [0.717, 1.165) is 0 Å². The topological polar surface area (TPSA) is 120 Å². The number of rotatable bonds is 5. The van der Waals surface area contributed by atoms with Crippen LogP contribution in [0.1, 0.15) is 0 Å². The molecule has 0 aliphatic carbocycles. The second-order valence-corrected chi connectivity index (χ2v) is 4.03. The lowest BCUT2D eigenvalue weighted by Crippen LogP contribution is -2.62. The zero-order valence-corrected chi connectivity index (χ0v) is 10.4. The Hall–Kier alpha value is -0.770. The quantitative estimate of drug-likeness (QED) is 0.331. The number of methoxy groups -OCH3 is 1. The Morgan fingerprint density at radius 2 is 1.89 bits per heavy atom. The minimum atomic E-state index is -1.50. The fourth-order valence-electron chi connectivity index (χ4n) is 1.67. The van der Waals surface area contributed by atoms with Gasteiger partial charge in [-0.1, -0.05) is 0 Å². The molecule has 0 aromatic rings. The van der Waals surface area contributed by atoms with Crippen molar-refractivity contribution in [3.63, 3.8) is 0 Å². The van der Waals surface area contributed by atoms with Crippen LogP contribution < -0.4 is 10.6 Å². The lowest BCUT2D eigenvalue weighted by molar-refractivity contribution is -0.283. The van der Waals surface area contributed by atoms with Crippen LogP contribution >= 0.6 is 0 Å². The predicted molar refractivity (Wildman–Crippen MR) is 60.6 cm³/mol. The molecule has 0 spiro atoms. The standard InChI is InChI=1S/C10H20N2O6/c1-11-3-4-12-9(16)8-6(14)5(13)7(15)10(17-2)18-8/h5-8,10-11,13-15H,3-4H2,1-2H3,(H,12,16). The minimum absolute atomic E-state index is 0.359. The number of likely N-dealkylation sites (N-methyl/N-ethyl adjacent to an activating group) is 1. The van der Waals surface area contributed by atoms with Crippen LogP contribution in [0, 0.1) is 0 Å². The van der Waals surface area contributed by atoms with E-state index in [4.69, 9.17) is 9.47 Å². The van der Waals surface area contributed by atoms with Gasteiger partial charge in [-0.3, -0.25) is 4.79 Å². The van der Waals surface area contributed by atoms with E-state index in [1.165, 1.54) is 7.11 Å². The zero-order valence-electron chi connectivity index (χ0n) is 10.4. The molecule has 1 aliphatic rings. The van der Waals surface area contributed by atoms with Gasteiger partial charge in [0, 0.05) is 20.2 Å². The molecular formula is C10H20N2O6. The number of hydrogen-bond acceptors (Lipinski definition) is 7. The molecule has 0 radical (unpaired) electrons. The number of aliphatic hydroxyl groups is 3. The third-order valence-electron chi connectivity index (χ3n) is 2.73. The highest BCUT2D eigenvalue weighted by atomic mass is 16.7. The summed E-state index contributed by atoms with van der Waals surface area (Å²) in [5.41, 5.74) is 0. The molecule has 0 aromatic carbocycles. The Morgan fingerprint density at radius 1 is 1.22 bits per heavy atom. The van der Waals surface area contributed by atoms with Gasteiger partial charge < -0.3 is 35.4 Å². The molecule has 5 atom stereocenters. The number of carbonyl (C=O) groups excluding carboxylic acids is 1. The molecule has 1 saturated heterocycles. The number of nitrogens with one attached hydrogen (secondary N) is 2. The van der Waals surface area contributed by atoms with Gasteiger partial charge in [0.25, 0.3) is 5.91 Å². The number of hydrogen-bond donors (Lipinski definition) is 5. The lowest BCUT2D eigenvalue weighted by atomic mass is 9.98. The van der Waals surface area contributed by atoms with Crippen molar-refractivity contribution in [3.8, 4) is 0 Å². The fraction of sp³-hybridized carbons (Fsp3) is 0.900. The van der Waals surface area contributed by atoms with Crippen molar-refractivity contribution < 1.29 is 29.6 Å². The minimum Gasteiger partial charge on any atom is -0.387 e. The molecule has 8 heteroatoms.